The molecule has 3 nitrogen and oxygen atoms in total. The molecule has 1 rings (SSSR count). The van der Waals surface area contributed by atoms with Gasteiger partial charge in [0.25, 0.3) is 0 Å². The SMILES string of the molecule is CCC1([C@H](N)CO)COC1. The van der Waals surface area contributed by atoms with Gasteiger partial charge in [0.05, 0.1) is 19.8 Å². The van der Waals surface area contributed by atoms with Crippen molar-refractivity contribution in [2.24, 2.45) is 11.1 Å². The van der Waals surface area contributed by atoms with Gasteiger partial charge in [0, 0.05) is 11.5 Å². The summed E-state index contributed by atoms with van der Waals surface area (Å²) in [6.45, 7) is 3.58. The summed E-state index contributed by atoms with van der Waals surface area (Å²) in [6, 6.07) is -0.105. The zero-order chi connectivity index (χ0) is 7.61. The van der Waals surface area contributed by atoms with Gasteiger partial charge in [-0.25, -0.2) is 0 Å². The van der Waals surface area contributed by atoms with E-state index in [0.29, 0.717) is 13.2 Å². The topological polar surface area (TPSA) is 55.5 Å². The summed E-state index contributed by atoms with van der Waals surface area (Å²) in [4.78, 5) is 0. The highest BCUT2D eigenvalue weighted by atomic mass is 16.5. The van der Waals surface area contributed by atoms with Gasteiger partial charge in [0.15, 0.2) is 0 Å². The van der Waals surface area contributed by atoms with Crippen LogP contribution in [0.5, 0.6) is 0 Å². The average Bonchev–Trinajstić information content (AvgIpc) is 1.86. The summed E-state index contributed by atoms with van der Waals surface area (Å²) in [7, 11) is 0. The molecule has 1 saturated heterocycles. The van der Waals surface area contributed by atoms with Crippen molar-refractivity contribution in [3.63, 3.8) is 0 Å². The van der Waals surface area contributed by atoms with E-state index in [4.69, 9.17) is 15.6 Å². The lowest BCUT2D eigenvalue weighted by atomic mass is 9.77. The molecular formula is C7H15NO2. The van der Waals surface area contributed by atoms with Crippen molar-refractivity contribution in [2.45, 2.75) is 19.4 Å². The summed E-state index contributed by atoms with van der Waals surface area (Å²) in [5.74, 6) is 0. The van der Waals surface area contributed by atoms with Crippen LogP contribution >= 0.6 is 0 Å². The molecule has 0 aliphatic carbocycles. The van der Waals surface area contributed by atoms with Crippen LogP contribution in [-0.2, 0) is 4.74 Å². The molecule has 10 heavy (non-hydrogen) atoms. The summed E-state index contributed by atoms with van der Waals surface area (Å²) < 4.78 is 5.06. The predicted octanol–water partition coefficient (Wildman–Crippen LogP) is -0.267. The van der Waals surface area contributed by atoms with E-state index in [9.17, 15) is 0 Å². The zero-order valence-corrected chi connectivity index (χ0v) is 6.34. The van der Waals surface area contributed by atoms with Crippen LogP contribution in [0.1, 0.15) is 13.3 Å². The molecule has 3 heteroatoms. The molecular weight excluding hydrogens is 130 g/mol. The second-order valence-electron chi connectivity index (χ2n) is 3.00. The molecule has 0 saturated carbocycles. The first-order chi connectivity index (χ1) is 4.75. The van der Waals surface area contributed by atoms with Crippen LogP contribution in [0.2, 0.25) is 0 Å². The molecule has 0 bridgehead atoms. The lowest BCUT2D eigenvalue weighted by molar-refractivity contribution is -0.134. The van der Waals surface area contributed by atoms with Crippen LogP contribution in [0.25, 0.3) is 0 Å². The van der Waals surface area contributed by atoms with Gasteiger partial charge in [-0.05, 0) is 6.42 Å². The van der Waals surface area contributed by atoms with Crippen molar-refractivity contribution in [1.82, 2.24) is 0 Å². The molecule has 1 atom stereocenters. The number of hydrogen-bond donors (Lipinski definition) is 2. The average molecular weight is 145 g/mol. The lowest BCUT2D eigenvalue weighted by Gasteiger charge is -2.44. The van der Waals surface area contributed by atoms with Crippen molar-refractivity contribution in [3.8, 4) is 0 Å². The summed E-state index contributed by atoms with van der Waals surface area (Å²) in [5.41, 5.74) is 5.77. The molecule has 0 radical (unpaired) electrons. The van der Waals surface area contributed by atoms with E-state index < -0.39 is 0 Å². The first-order valence-corrected chi connectivity index (χ1v) is 3.69. The Balaban J connectivity index is 2.46. The van der Waals surface area contributed by atoms with Crippen molar-refractivity contribution in [2.75, 3.05) is 19.8 Å². The monoisotopic (exact) mass is 145 g/mol. The lowest BCUT2D eigenvalue weighted by Crippen LogP contribution is -2.56. The van der Waals surface area contributed by atoms with E-state index in [1.54, 1.807) is 0 Å². The maximum Gasteiger partial charge on any atom is 0.0589 e. The zero-order valence-electron chi connectivity index (χ0n) is 6.34. The number of aliphatic hydroxyl groups is 1. The summed E-state index contributed by atoms with van der Waals surface area (Å²) in [5, 5.41) is 8.79. The van der Waals surface area contributed by atoms with Gasteiger partial charge in [0.2, 0.25) is 0 Å². The number of aliphatic hydroxyl groups excluding tert-OH is 1. The molecule has 1 aliphatic rings. The molecule has 1 fully saturated rings. The van der Waals surface area contributed by atoms with Gasteiger partial charge in [0.1, 0.15) is 0 Å². The van der Waals surface area contributed by atoms with E-state index >= 15 is 0 Å². The van der Waals surface area contributed by atoms with Crippen LogP contribution in [0.4, 0.5) is 0 Å². The van der Waals surface area contributed by atoms with Crippen molar-refractivity contribution >= 4 is 0 Å². The van der Waals surface area contributed by atoms with Crippen LogP contribution in [0.3, 0.4) is 0 Å². The predicted molar refractivity (Wildman–Crippen MR) is 38.6 cm³/mol. The third-order valence-electron chi connectivity index (χ3n) is 2.47. The number of nitrogens with two attached hydrogens (primary N) is 1. The van der Waals surface area contributed by atoms with E-state index in [0.717, 1.165) is 6.42 Å². The Labute approximate surface area is 61.2 Å². The maximum absolute atomic E-state index is 8.79. The molecule has 3 N–H and O–H groups in total. The summed E-state index contributed by atoms with van der Waals surface area (Å²) in [6.07, 6.45) is 0.995. The molecule has 60 valence electrons. The Bertz CT molecular complexity index is 107. The molecule has 1 aliphatic heterocycles. The first kappa shape index (κ1) is 7.98. The second kappa shape index (κ2) is 2.86. The van der Waals surface area contributed by atoms with Crippen molar-refractivity contribution < 1.29 is 9.84 Å². The highest BCUT2D eigenvalue weighted by molar-refractivity contribution is 4.92. The van der Waals surface area contributed by atoms with Crippen LogP contribution in [0, 0.1) is 5.41 Å². The van der Waals surface area contributed by atoms with E-state index in [-0.39, 0.29) is 18.1 Å². The van der Waals surface area contributed by atoms with Crippen molar-refractivity contribution in [3.05, 3.63) is 0 Å². The first-order valence-electron chi connectivity index (χ1n) is 3.69. The molecule has 0 aromatic rings. The second-order valence-corrected chi connectivity index (χ2v) is 3.00. The molecule has 0 aromatic carbocycles. The minimum absolute atomic E-state index is 0.0667. The van der Waals surface area contributed by atoms with E-state index in [1.165, 1.54) is 0 Å². The Morgan fingerprint density at radius 2 is 2.30 bits per heavy atom. The van der Waals surface area contributed by atoms with Gasteiger partial charge >= 0.3 is 0 Å². The fourth-order valence-corrected chi connectivity index (χ4v) is 1.24. The third-order valence-corrected chi connectivity index (χ3v) is 2.47. The van der Waals surface area contributed by atoms with Crippen molar-refractivity contribution in [1.29, 1.82) is 0 Å². The van der Waals surface area contributed by atoms with Crippen LogP contribution in [-0.4, -0.2) is 31.0 Å². The molecule has 0 aromatic heterocycles. The van der Waals surface area contributed by atoms with Gasteiger partial charge < -0.3 is 15.6 Å². The van der Waals surface area contributed by atoms with E-state index in [1.807, 2.05) is 0 Å². The standard InChI is InChI=1S/C7H15NO2/c1-2-7(4-10-5-7)6(8)3-9/h6,9H,2-5,8H2,1H3/t6-/m1/s1. The number of hydrogen-bond acceptors (Lipinski definition) is 3. The van der Waals surface area contributed by atoms with Gasteiger partial charge in [-0.15, -0.1) is 0 Å². The number of ether oxygens (including phenoxy) is 1. The quantitative estimate of drug-likeness (QED) is 0.575. The fourth-order valence-electron chi connectivity index (χ4n) is 1.24. The Morgan fingerprint density at radius 3 is 2.40 bits per heavy atom. The normalized spacial score (nSPS) is 25.5. The Kier molecular flexibility index (Phi) is 2.28. The highest BCUT2D eigenvalue weighted by Crippen LogP contribution is 2.33. The largest absolute Gasteiger partial charge is 0.395 e. The molecule has 0 spiro atoms. The van der Waals surface area contributed by atoms with Gasteiger partial charge in [-0.1, -0.05) is 6.92 Å². The smallest absolute Gasteiger partial charge is 0.0589 e. The molecule has 1 heterocycles. The fraction of sp³-hybridized carbons (Fsp3) is 1.00. The van der Waals surface area contributed by atoms with Gasteiger partial charge in [-0.2, -0.15) is 0 Å². The Hall–Kier alpha value is -0.120. The number of rotatable bonds is 3. The van der Waals surface area contributed by atoms with E-state index in [2.05, 4.69) is 6.92 Å². The minimum atomic E-state index is -0.105. The maximum atomic E-state index is 8.79. The van der Waals surface area contributed by atoms with Crippen LogP contribution < -0.4 is 5.73 Å². The molecule has 0 unspecified atom stereocenters. The summed E-state index contributed by atoms with van der Waals surface area (Å²) >= 11 is 0. The van der Waals surface area contributed by atoms with Crippen LogP contribution in [0.15, 0.2) is 0 Å². The third kappa shape index (κ3) is 1.05. The minimum Gasteiger partial charge on any atom is -0.395 e. The van der Waals surface area contributed by atoms with Gasteiger partial charge in [-0.3, -0.25) is 0 Å². The Morgan fingerprint density at radius 1 is 1.70 bits per heavy atom. The molecule has 0 amide bonds. The highest BCUT2D eigenvalue weighted by Gasteiger charge is 2.41.